The van der Waals surface area contributed by atoms with E-state index in [-0.39, 0.29) is 0 Å². The molecule has 2 nitrogen and oxygen atoms in total. The molecule has 0 radical (unpaired) electrons. The SMILES string of the molecule is CCCCN(c1cccc(O)c1)C(C)C. The highest BCUT2D eigenvalue weighted by Crippen LogP contribution is 2.22. The average Bonchev–Trinajstić information content (AvgIpc) is 2.18. The lowest BCUT2D eigenvalue weighted by atomic mass is 10.2. The van der Waals surface area contributed by atoms with E-state index in [1.165, 1.54) is 12.8 Å². The number of nitrogens with zero attached hydrogens (tertiary/aromatic N) is 1. The van der Waals surface area contributed by atoms with E-state index in [2.05, 4.69) is 31.7 Å². The maximum absolute atomic E-state index is 9.44. The van der Waals surface area contributed by atoms with Crippen molar-refractivity contribution in [3.05, 3.63) is 24.3 Å². The molecule has 0 aliphatic carbocycles. The Hall–Kier alpha value is -1.18. The Bertz CT molecular complexity index is 296. The van der Waals surface area contributed by atoms with Crippen molar-refractivity contribution in [2.75, 3.05) is 11.4 Å². The third-order valence-electron chi connectivity index (χ3n) is 2.54. The number of unbranched alkanes of at least 4 members (excludes halogenated alkanes) is 1. The summed E-state index contributed by atoms with van der Waals surface area (Å²) < 4.78 is 0. The van der Waals surface area contributed by atoms with E-state index in [1.807, 2.05) is 12.1 Å². The number of hydrogen-bond donors (Lipinski definition) is 1. The molecule has 0 spiro atoms. The first-order chi connectivity index (χ1) is 7.15. The van der Waals surface area contributed by atoms with Crippen LogP contribution in [0.15, 0.2) is 24.3 Å². The molecular formula is C13H21NO. The number of hydrogen-bond acceptors (Lipinski definition) is 2. The Balaban J connectivity index is 2.79. The summed E-state index contributed by atoms with van der Waals surface area (Å²) in [6, 6.07) is 7.96. The normalized spacial score (nSPS) is 10.7. The van der Waals surface area contributed by atoms with E-state index in [9.17, 15) is 5.11 Å². The highest BCUT2D eigenvalue weighted by atomic mass is 16.3. The van der Waals surface area contributed by atoms with Gasteiger partial charge >= 0.3 is 0 Å². The van der Waals surface area contributed by atoms with Crippen molar-refractivity contribution in [2.45, 2.75) is 39.7 Å². The van der Waals surface area contributed by atoms with Gasteiger partial charge in [0.05, 0.1) is 0 Å². The third-order valence-corrected chi connectivity index (χ3v) is 2.54. The van der Waals surface area contributed by atoms with Gasteiger partial charge in [0.15, 0.2) is 0 Å². The lowest BCUT2D eigenvalue weighted by Crippen LogP contribution is -2.31. The van der Waals surface area contributed by atoms with E-state index in [1.54, 1.807) is 6.07 Å². The number of benzene rings is 1. The van der Waals surface area contributed by atoms with Gasteiger partial charge in [-0.15, -0.1) is 0 Å². The summed E-state index contributed by atoms with van der Waals surface area (Å²) in [6.45, 7) is 7.61. The molecule has 0 amide bonds. The minimum atomic E-state index is 0.342. The van der Waals surface area contributed by atoms with Crippen molar-refractivity contribution in [1.29, 1.82) is 0 Å². The standard InChI is InChI=1S/C13H21NO/c1-4-5-9-14(11(2)3)12-7-6-8-13(15)10-12/h6-8,10-11,15H,4-5,9H2,1-3H3. The van der Waals surface area contributed by atoms with Crippen molar-refractivity contribution in [1.82, 2.24) is 0 Å². The fourth-order valence-corrected chi connectivity index (χ4v) is 1.69. The number of phenolic OH excluding ortho intramolecular Hbond substituents is 1. The van der Waals surface area contributed by atoms with Gasteiger partial charge in [-0.1, -0.05) is 19.4 Å². The van der Waals surface area contributed by atoms with Crippen LogP contribution in [-0.2, 0) is 0 Å². The van der Waals surface area contributed by atoms with E-state index in [0.717, 1.165) is 12.2 Å². The summed E-state index contributed by atoms with van der Waals surface area (Å²) in [4.78, 5) is 2.32. The Morgan fingerprint density at radius 2 is 2.07 bits per heavy atom. The minimum Gasteiger partial charge on any atom is -0.508 e. The van der Waals surface area contributed by atoms with Crippen LogP contribution in [0.3, 0.4) is 0 Å². The molecule has 0 saturated heterocycles. The van der Waals surface area contributed by atoms with Crippen molar-refractivity contribution in [3.8, 4) is 5.75 Å². The molecule has 84 valence electrons. The molecule has 0 saturated carbocycles. The van der Waals surface area contributed by atoms with E-state index >= 15 is 0 Å². The number of rotatable bonds is 5. The molecule has 1 aromatic rings. The van der Waals surface area contributed by atoms with Crippen LogP contribution in [0.5, 0.6) is 5.75 Å². The fraction of sp³-hybridized carbons (Fsp3) is 0.538. The lowest BCUT2D eigenvalue weighted by molar-refractivity contribution is 0.475. The quantitative estimate of drug-likeness (QED) is 0.799. The molecule has 0 fully saturated rings. The maximum atomic E-state index is 9.44. The second kappa shape index (κ2) is 5.64. The number of phenols is 1. The molecule has 1 rings (SSSR count). The van der Waals surface area contributed by atoms with Crippen LogP contribution in [-0.4, -0.2) is 17.7 Å². The van der Waals surface area contributed by atoms with Gasteiger partial charge in [0, 0.05) is 24.3 Å². The van der Waals surface area contributed by atoms with E-state index < -0.39 is 0 Å². The largest absolute Gasteiger partial charge is 0.508 e. The lowest BCUT2D eigenvalue weighted by Gasteiger charge is -2.29. The zero-order valence-corrected chi connectivity index (χ0v) is 9.90. The zero-order valence-electron chi connectivity index (χ0n) is 9.90. The Morgan fingerprint density at radius 1 is 1.33 bits per heavy atom. The molecule has 0 unspecified atom stereocenters. The smallest absolute Gasteiger partial charge is 0.117 e. The predicted molar refractivity (Wildman–Crippen MR) is 65.5 cm³/mol. The molecule has 2 heteroatoms. The second-order valence-corrected chi connectivity index (χ2v) is 4.16. The van der Waals surface area contributed by atoms with Crippen LogP contribution in [0, 0.1) is 0 Å². The summed E-state index contributed by atoms with van der Waals surface area (Å²) >= 11 is 0. The first-order valence-electron chi connectivity index (χ1n) is 5.70. The van der Waals surface area contributed by atoms with Gasteiger partial charge in [0.25, 0.3) is 0 Å². The monoisotopic (exact) mass is 207 g/mol. The molecule has 1 aromatic carbocycles. The zero-order chi connectivity index (χ0) is 11.3. The van der Waals surface area contributed by atoms with Crippen LogP contribution in [0.25, 0.3) is 0 Å². The first kappa shape index (κ1) is 11.9. The van der Waals surface area contributed by atoms with Crippen LogP contribution >= 0.6 is 0 Å². The van der Waals surface area contributed by atoms with Crippen LogP contribution in [0.2, 0.25) is 0 Å². The topological polar surface area (TPSA) is 23.5 Å². The second-order valence-electron chi connectivity index (χ2n) is 4.16. The summed E-state index contributed by atoms with van der Waals surface area (Å²) in [7, 11) is 0. The minimum absolute atomic E-state index is 0.342. The summed E-state index contributed by atoms with van der Waals surface area (Å²) in [6.07, 6.45) is 2.38. The molecule has 0 aliphatic rings. The highest BCUT2D eigenvalue weighted by molar-refractivity contribution is 5.50. The van der Waals surface area contributed by atoms with Crippen molar-refractivity contribution < 1.29 is 5.11 Å². The van der Waals surface area contributed by atoms with E-state index in [4.69, 9.17) is 0 Å². The van der Waals surface area contributed by atoms with Gasteiger partial charge in [-0.2, -0.15) is 0 Å². The van der Waals surface area contributed by atoms with E-state index in [0.29, 0.717) is 11.8 Å². The van der Waals surface area contributed by atoms with Crippen molar-refractivity contribution in [2.24, 2.45) is 0 Å². The Labute approximate surface area is 92.5 Å². The fourth-order valence-electron chi connectivity index (χ4n) is 1.69. The Kier molecular flexibility index (Phi) is 4.47. The molecule has 1 N–H and O–H groups in total. The van der Waals surface area contributed by atoms with Gasteiger partial charge in [-0.05, 0) is 32.4 Å². The molecule has 15 heavy (non-hydrogen) atoms. The molecule has 0 aromatic heterocycles. The van der Waals surface area contributed by atoms with Gasteiger partial charge < -0.3 is 10.0 Å². The Morgan fingerprint density at radius 3 is 2.60 bits per heavy atom. The molecular weight excluding hydrogens is 186 g/mol. The number of aromatic hydroxyl groups is 1. The molecule has 0 aliphatic heterocycles. The molecule has 0 heterocycles. The molecule has 0 bridgehead atoms. The van der Waals surface area contributed by atoms with Crippen molar-refractivity contribution in [3.63, 3.8) is 0 Å². The third kappa shape index (κ3) is 3.46. The highest BCUT2D eigenvalue weighted by Gasteiger charge is 2.09. The van der Waals surface area contributed by atoms with Crippen LogP contribution < -0.4 is 4.90 Å². The number of anilines is 1. The van der Waals surface area contributed by atoms with Gasteiger partial charge in [-0.25, -0.2) is 0 Å². The average molecular weight is 207 g/mol. The predicted octanol–water partition coefficient (Wildman–Crippen LogP) is 3.41. The van der Waals surface area contributed by atoms with Gasteiger partial charge in [0.2, 0.25) is 0 Å². The van der Waals surface area contributed by atoms with Crippen LogP contribution in [0.1, 0.15) is 33.6 Å². The van der Waals surface area contributed by atoms with Gasteiger partial charge in [0.1, 0.15) is 5.75 Å². The summed E-state index contributed by atoms with van der Waals surface area (Å²) in [5.41, 5.74) is 1.11. The van der Waals surface area contributed by atoms with Crippen LogP contribution in [0.4, 0.5) is 5.69 Å². The summed E-state index contributed by atoms with van der Waals surface area (Å²) in [5.74, 6) is 0.342. The molecule has 0 atom stereocenters. The van der Waals surface area contributed by atoms with Gasteiger partial charge in [-0.3, -0.25) is 0 Å². The maximum Gasteiger partial charge on any atom is 0.117 e. The van der Waals surface area contributed by atoms with Crippen molar-refractivity contribution >= 4 is 5.69 Å². The first-order valence-corrected chi connectivity index (χ1v) is 5.70. The summed E-state index contributed by atoms with van der Waals surface area (Å²) in [5, 5.41) is 9.44.